The van der Waals surface area contributed by atoms with Gasteiger partial charge in [0.1, 0.15) is 19.3 Å². The van der Waals surface area contributed by atoms with Gasteiger partial charge in [0.2, 0.25) is 0 Å². The molecular formula is C77H134O17P2. The van der Waals surface area contributed by atoms with Crippen molar-refractivity contribution < 1.29 is 80.2 Å². The molecule has 0 aromatic heterocycles. The molecule has 0 aliphatic carbocycles. The summed E-state index contributed by atoms with van der Waals surface area (Å²) in [5.41, 5.74) is 0. The molecule has 0 fully saturated rings. The minimum absolute atomic E-state index is 0.0687. The van der Waals surface area contributed by atoms with Crippen LogP contribution in [0.15, 0.2) is 97.2 Å². The molecule has 0 aliphatic heterocycles. The Morgan fingerprint density at radius 3 is 0.917 bits per heavy atom. The third kappa shape index (κ3) is 68.5. The van der Waals surface area contributed by atoms with E-state index < -0.39 is 97.5 Å². The standard InChI is InChI=1S/C77H134O17P2/c1-5-9-13-17-21-25-29-33-35-39-41-45-49-53-57-61-74(79)87-67-72(93-76(81)63-59-55-51-47-43-37-31-27-23-19-15-11-7-3)69-91-95(83,84)89-65-71(78)66-90-96(85,86)92-70-73(94-77(82)64-60-56-52-48-44-38-32-28-24-20-16-12-8-4)68-88-75(80)62-58-54-50-46-42-40-36-34-30-26-22-18-14-10-6-2/h9,13,15,19,21,25,27-28,31-36,41,45,71-73,78H,5-8,10-12,14,16-18,20,22-24,26,29-30,37-40,42-44,46-70H2,1-4H3,(H,83,84)(H,85,86)/b13-9-,19-15-,25-21-,31-27-,32-28-,35-33-,36-34-,45-41-. The van der Waals surface area contributed by atoms with Gasteiger partial charge >= 0.3 is 39.5 Å². The number of hydrogen-bond donors (Lipinski definition) is 3. The van der Waals surface area contributed by atoms with Crippen molar-refractivity contribution in [3.63, 3.8) is 0 Å². The molecule has 17 nitrogen and oxygen atoms in total. The van der Waals surface area contributed by atoms with Gasteiger partial charge in [-0.05, 0) is 141 Å². The molecule has 5 unspecified atom stereocenters. The lowest BCUT2D eigenvalue weighted by Gasteiger charge is -2.21. The predicted octanol–water partition coefficient (Wildman–Crippen LogP) is 21.2. The minimum atomic E-state index is -4.98. The van der Waals surface area contributed by atoms with Gasteiger partial charge in [0.05, 0.1) is 26.4 Å². The monoisotopic (exact) mass is 1390 g/mol. The van der Waals surface area contributed by atoms with Gasteiger partial charge < -0.3 is 33.8 Å². The first kappa shape index (κ1) is 92.0. The molecule has 19 heteroatoms. The number of carbonyl (C=O) groups excluding carboxylic acids is 4. The molecule has 0 heterocycles. The molecule has 0 aromatic rings. The highest BCUT2D eigenvalue weighted by Gasteiger charge is 2.30. The maximum atomic E-state index is 13.1. The van der Waals surface area contributed by atoms with Crippen LogP contribution >= 0.6 is 15.6 Å². The fraction of sp³-hybridized carbons (Fsp3) is 0.740. The minimum Gasteiger partial charge on any atom is -0.462 e. The second-order valence-electron chi connectivity index (χ2n) is 24.8. The Kier molecular flexibility index (Phi) is 66.6. The number of carbonyl (C=O) groups is 4. The van der Waals surface area contributed by atoms with Gasteiger partial charge in [0, 0.05) is 25.7 Å². The number of phosphoric ester groups is 2. The molecule has 3 N–H and O–H groups in total. The van der Waals surface area contributed by atoms with Crippen LogP contribution in [0.1, 0.15) is 310 Å². The van der Waals surface area contributed by atoms with Crippen LogP contribution in [-0.4, -0.2) is 96.7 Å². The Morgan fingerprint density at radius 2 is 0.562 bits per heavy atom. The molecule has 0 rings (SSSR count). The number of unbranched alkanes of at least 4 members (excludes halogenated alkanes) is 28. The maximum Gasteiger partial charge on any atom is 0.472 e. The first-order valence-electron chi connectivity index (χ1n) is 37.5. The number of ether oxygens (including phenoxy) is 4. The normalized spacial score (nSPS) is 14.5. The van der Waals surface area contributed by atoms with Gasteiger partial charge in [-0.1, -0.05) is 240 Å². The van der Waals surface area contributed by atoms with E-state index in [1.807, 2.05) is 0 Å². The number of rotatable bonds is 70. The lowest BCUT2D eigenvalue weighted by Crippen LogP contribution is -2.30. The van der Waals surface area contributed by atoms with E-state index in [1.165, 1.54) is 64.2 Å². The fourth-order valence-electron chi connectivity index (χ4n) is 9.77. The zero-order valence-electron chi connectivity index (χ0n) is 60.3. The number of aliphatic hydroxyl groups excluding tert-OH is 1. The van der Waals surface area contributed by atoms with E-state index in [0.717, 1.165) is 167 Å². The van der Waals surface area contributed by atoms with Crippen molar-refractivity contribution in [2.75, 3.05) is 39.6 Å². The summed E-state index contributed by atoms with van der Waals surface area (Å²) >= 11 is 0. The highest BCUT2D eigenvalue weighted by molar-refractivity contribution is 7.47. The van der Waals surface area contributed by atoms with E-state index >= 15 is 0 Å². The van der Waals surface area contributed by atoms with Crippen LogP contribution in [0.4, 0.5) is 0 Å². The number of aliphatic hydroxyl groups is 1. The Labute approximate surface area is 582 Å². The second kappa shape index (κ2) is 69.5. The lowest BCUT2D eigenvalue weighted by atomic mass is 10.1. The zero-order valence-corrected chi connectivity index (χ0v) is 62.1. The zero-order chi connectivity index (χ0) is 70.4. The van der Waals surface area contributed by atoms with Gasteiger partial charge in [-0.15, -0.1) is 0 Å². The van der Waals surface area contributed by atoms with Gasteiger partial charge in [0.15, 0.2) is 12.2 Å². The van der Waals surface area contributed by atoms with Crippen LogP contribution < -0.4 is 0 Å². The Balaban J connectivity index is 5.38. The number of allylic oxidation sites excluding steroid dienone is 16. The van der Waals surface area contributed by atoms with Crippen LogP contribution in [0.25, 0.3) is 0 Å². The third-order valence-corrected chi connectivity index (χ3v) is 17.4. The predicted molar refractivity (Wildman–Crippen MR) is 390 cm³/mol. The molecule has 0 aromatic carbocycles. The molecular weight excluding hydrogens is 1260 g/mol. The quantitative estimate of drug-likeness (QED) is 0.0169. The Bertz CT molecular complexity index is 2200. The van der Waals surface area contributed by atoms with Crippen molar-refractivity contribution in [2.24, 2.45) is 0 Å². The summed E-state index contributed by atoms with van der Waals surface area (Å²) in [6, 6.07) is 0. The van der Waals surface area contributed by atoms with Gasteiger partial charge in [-0.2, -0.15) is 0 Å². The van der Waals surface area contributed by atoms with Crippen molar-refractivity contribution in [2.45, 2.75) is 329 Å². The van der Waals surface area contributed by atoms with Crippen LogP contribution in [-0.2, 0) is 65.4 Å². The van der Waals surface area contributed by atoms with E-state index in [0.29, 0.717) is 25.7 Å². The van der Waals surface area contributed by atoms with Crippen LogP contribution in [0.2, 0.25) is 0 Å². The average molecular weight is 1390 g/mol. The topological polar surface area (TPSA) is 237 Å². The molecule has 96 heavy (non-hydrogen) atoms. The molecule has 0 aliphatic rings. The number of esters is 4. The second-order valence-corrected chi connectivity index (χ2v) is 27.8. The number of hydrogen-bond acceptors (Lipinski definition) is 15. The van der Waals surface area contributed by atoms with Gasteiger partial charge in [-0.3, -0.25) is 37.3 Å². The highest BCUT2D eigenvalue weighted by atomic mass is 31.2. The molecule has 554 valence electrons. The molecule has 0 bridgehead atoms. The average Bonchev–Trinajstić information content (AvgIpc) is 1.14. The Hall–Kier alpha value is -4.02. The smallest absolute Gasteiger partial charge is 0.462 e. The molecule has 5 atom stereocenters. The lowest BCUT2D eigenvalue weighted by molar-refractivity contribution is -0.161. The third-order valence-electron chi connectivity index (χ3n) is 15.5. The molecule has 0 saturated heterocycles. The number of phosphoric acid groups is 2. The van der Waals surface area contributed by atoms with E-state index in [2.05, 4.69) is 125 Å². The summed E-state index contributed by atoms with van der Waals surface area (Å²) in [7, 11) is -9.96. The molecule has 0 radical (unpaired) electrons. The van der Waals surface area contributed by atoms with Crippen LogP contribution in [0.5, 0.6) is 0 Å². The van der Waals surface area contributed by atoms with Crippen molar-refractivity contribution in [3.8, 4) is 0 Å². The molecule has 0 saturated carbocycles. The van der Waals surface area contributed by atoms with Gasteiger partial charge in [-0.25, -0.2) is 9.13 Å². The summed E-state index contributed by atoms with van der Waals surface area (Å²) in [6.45, 7) is 4.60. The van der Waals surface area contributed by atoms with E-state index in [4.69, 9.17) is 37.0 Å². The first-order chi connectivity index (χ1) is 46.7. The van der Waals surface area contributed by atoms with Crippen molar-refractivity contribution in [1.82, 2.24) is 0 Å². The van der Waals surface area contributed by atoms with Gasteiger partial charge in [0.25, 0.3) is 0 Å². The Morgan fingerprint density at radius 1 is 0.302 bits per heavy atom. The summed E-state index contributed by atoms with van der Waals surface area (Å²) in [6.07, 6.45) is 71.2. The largest absolute Gasteiger partial charge is 0.472 e. The summed E-state index contributed by atoms with van der Waals surface area (Å²) in [5.74, 6) is -2.25. The maximum absolute atomic E-state index is 13.1. The summed E-state index contributed by atoms with van der Waals surface area (Å²) < 4.78 is 68.3. The van der Waals surface area contributed by atoms with Crippen molar-refractivity contribution in [1.29, 1.82) is 0 Å². The molecule has 0 spiro atoms. The first-order valence-corrected chi connectivity index (χ1v) is 40.5. The van der Waals surface area contributed by atoms with E-state index in [1.54, 1.807) is 0 Å². The molecule has 0 amide bonds. The van der Waals surface area contributed by atoms with E-state index in [9.17, 15) is 43.2 Å². The van der Waals surface area contributed by atoms with E-state index in [-0.39, 0.29) is 25.7 Å². The summed E-state index contributed by atoms with van der Waals surface area (Å²) in [4.78, 5) is 72.7. The van der Waals surface area contributed by atoms with Crippen LogP contribution in [0.3, 0.4) is 0 Å². The van der Waals surface area contributed by atoms with Crippen molar-refractivity contribution in [3.05, 3.63) is 97.2 Å². The summed E-state index contributed by atoms with van der Waals surface area (Å²) in [5, 5.41) is 10.6. The SMILES string of the molecule is CC/C=C\C/C=C\C/C=C\C/C=C\CCCCC(=O)OCC(COP(=O)(O)OCC(O)COP(=O)(O)OCC(COC(=O)CCCCCCC/C=C\CCCCCCCC)OC(=O)CCCCCCC/C=C\CCCCCC)OC(=O)CCCCCCC/C=C\C/C=C\CCC. The van der Waals surface area contributed by atoms with Crippen molar-refractivity contribution >= 4 is 39.5 Å². The van der Waals surface area contributed by atoms with Crippen LogP contribution in [0, 0.1) is 0 Å². The highest BCUT2D eigenvalue weighted by Crippen LogP contribution is 2.45. The fourth-order valence-corrected chi connectivity index (χ4v) is 11.3.